The monoisotopic (exact) mass is 302 g/mol. The summed E-state index contributed by atoms with van der Waals surface area (Å²) in [6, 6.07) is 12.5. The van der Waals surface area contributed by atoms with Crippen molar-refractivity contribution in [2.45, 2.75) is 26.2 Å². The number of hydrogen-bond acceptors (Lipinski definition) is 1. The lowest BCUT2D eigenvalue weighted by atomic mass is 9.86. The molecule has 0 aliphatic carbocycles. The first kappa shape index (κ1) is 11.8. The van der Waals surface area contributed by atoms with Crippen molar-refractivity contribution in [3.63, 3.8) is 0 Å². The number of fused-ring (bicyclic) bond motifs is 3. The van der Waals surface area contributed by atoms with Gasteiger partial charge < -0.3 is 4.42 Å². The molecule has 0 aliphatic rings. The van der Waals surface area contributed by atoms with E-state index in [9.17, 15) is 0 Å². The fraction of sp³-hybridized carbons (Fsp3) is 0.250. The number of hydrogen-bond donors (Lipinski definition) is 0. The van der Waals surface area contributed by atoms with Crippen LogP contribution >= 0.6 is 15.9 Å². The summed E-state index contributed by atoms with van der Waals surface area (Å²) in [5.74, 6) is 0. The van der Waals surface area contributed by atoms with E-state index < -0.39 is 0 Å². The molecule has 0 radical (unpaired) electrons. The molecule has 0 aliphatic heterocycles. The lowest BCUT2D eigenvalue weighted by Gasteiger charge is -2.19. The molecular formula is C16H15BrO. The van der Waals surface area contributed by atoms with Gasteiger partial charge >= 0.3 is 0 Å². The van der Waals surface area contributed by atoms with Crippen molar-refractivity contribution < 1.29 is 4.42 Å². The molecule has 2 aromatic carbocycles. The van der Waals surface area contributed by atoms with Gasteiger partial charge in [0.15, 0.2) is 0 Å². The first-order chi connectivity index (χ1) is 8.47. The van der Waals surface area contributed by atoms with Crippen LogP contribution in [0.3, 0.4) is 0 Å². The van der Waals surface area contributed by atoms with Crippen molar-refractivity contribution in [1.29, 1.82) is 0 Å². The zero-order valence-corrected chi connectivity index (χ0v) is 12.3. The predicted molar refractivity (Wildman–Crippen MR) is 80.1 cm³/mol. The molecule has 1 heterocycles. The molecule has 1 nitrogen and oxygen atoms in total. The summed E-state index contributed by atoms with van der Waals surface area (Å²) in [7, 11) is 0. The smallest absolute Gasteiger partial charge is 0.139 e. The molecule has 0 bridgehead atoms. The fourth-order valence-corrected chi connectivity index (χ4v) is 2.81. The molecule has 0 fully saturated rings. The van der Waals surface area contributed by atoms with Gasteiger partial charge in [-0.05, 0) is 23.6 Å². The molecule has 0 saturated carbocycles. The normalized spacial score (nSPS) is 12.4. The molecule has 92 valence electrons. The predicted octanol–water partition coefficient (Wildman–Crippen LogP) is 5.65. The summed E-state index contributed by atoms with van der Waals surface area (Å²) in [4.78, 5) is 0. The van der Waals surface area contributed by atoms with Crippen LogP contribution in [0.4, 0.5) is 0 Å². The zero-order chi connectivity index (χ0) is 12.9. The number of furan rings is 1. The Kier molecular flexibility index (Phi) is 2.53. The van der Waals surface area contributed by atoms with E-state index in [0.717, 1.165) is 15.6 Å². The number of benzene rings is 2. The average Bonchev–Trinajstić information content (AvgIpc) is 2.65. The van der Waals surface area contributed by atoms with Crippen molar-refractivity contribution >= 4 is 37.9 Å². The third-order valence-corrected chi connectivity index (χ3v) is 3.71. The summed E-state index contributed by atoms with van der Waals surface area (Å²) < 4.78 is 7.15. The van der Waals surface area contributed by atoms with Crippen LogP contribution in [0.1, 0.15) is 26.3 Å². The Labute approximate surface area is 115 Å². The Balaban J connectivity index is 2.51. The summed E-state index contributed by atoms with van der Waals surface area (Å²) in [5.41, 5.74) is 3.27. The van der Waals surface area contributed by atoms with Gasteiger partial charge in [-0.15, -0.1) is 0 Å². The molecule has 18 heavy (non-hydrogen) atoms. The minimum Gasteiger partial charge on any atom is -0.456 e. The van der Waals surface area contributed by atoms with E-state index >= 15 is 0 Å². The third-order valence-electron chi connectivity index (χ3n) is 3.25. The van der Waals surface area contributed by atoms with Crippen LogP contribution in [-0.2, 0) is 5.41 Å². The van der Waals surface area contributed by atoms with Crippen LogP contribution < -0.4 is 0 Å². The Morgan fingerprint density at radius 3 is 2.44 bits per heavy atom. The van der Waals surface area contributed by atoms with Gasteiger partial charge in [-0.2, -0.15) is 0 Å². The van der Waals surface area contributed by atoms with Gasteiger partial charge in [0.1, 0.15) is 11.2 Å². The molecule has 3 rings (SSSR count). The highest BCUT2D eigenvalue weighted by atomic mass is 79.9. The largest absolute Gasteiger partial charge is 0.456 e. The van der Waals surface area contributed by atoms with Crippen LogP contribution in [0, 0.1) is 0 Å². The second kappa shape index (κ2) is 3.86. The second-order valence-corrected chi connectivity index (χ2v) is 6.59. The van der Waals surface area contributed by atoms with Gasteiger partial charge in [0.25, 0.3) is 0 Å². The maximum absolute atomic E-state index is 6.04. The third kappa shape index (κ3) is 1.76. The molecule has 0 amide bonds. The highest BCUT2D eigenvalue weighted by molar-refractivity contribution is 9.10. The van der Waals surface area contributed by atoms with Gasteiger partial charge in [0.2, 0.25) is 0 Å². The highest BCUT2D eigenvalue weighted by Gasteiger charge is 2.21. The summed E-state index contributed by atoms with van der Waals surface area (Å²) >= 11 is 3.60. The van der Waals surface area contributed by atoms with E-state index in [1.165, 1.54) is 16.3 Å². The van der Waals surface area contributed by atoms with Crippen molar-refractivity contribution in [3.8, 4) is 0 Å². The van der Waals surface area contributed by atoms with E-state index in [1.807, 2.05) is 12.1 Å². The molecule has 3 aromatic rings. The van der Waals surface area contributed by atoms with Crippen LogP contribution in [0.2, 0.25) is 0 Å². The topological polar surface area (TPSA) is 13.1 Å². The van der Waals surface area contributed by atoms with E-state index in [0.29, 0.717) is 0 Å². The van der Waals surface area contributed by atoms with Crippen LogP contribution in [0.5, 0.6) is 0 Å². The van der Waals surface area contributed by atoms with E-state index in [-0.39, 0.29) is 5.41 Å². The summed E-state index contributed by atoms with van der Waals surface area (Å²) in [6.07, 6.45) is 0. The van der Waals surface area contributed by atoms with Crippen LogP contribution in [0.25, 0.3) is 21.9 Å². The van der Waals surface area contributed by atoms with Gasteiger partial charge in [0.05, 0.1) is 0 Å². The Hall–Kier alpha value is -1.28. The second-order valence-electron chi connectivity index (χ2n) is 5.68. The Morgan fingerprint density at radius 2 is 1.72 bits per heavy atom. The maximum Gasteiger partial charge on any atom is 0.139 e. The Morgan fingerprint density at radius 1 is 1.00 bits per heavy atom. The summed E-state index contributed by atoms with van der Waals surface area (Å²) in [6.45, 7) is 6.63. The molecular weight excluding hydrogens is 288 g/mol. The van der Waals surface area contributed by atoms with Gasteiger partial charge in [-0.25, -0.2) is 0 Å². The molecule has 0 atom stereocenters. The molecule has 0 unspecified atom stereocenters. The number of halogens is 1. The molecule has 0 saturated heterocycles. The van der Waals surface area contributed by atoms with E-state index in [2.05, 4.69) is 61.0 Å². The molecule has 2 heteroatoms. The minimum absolute atomic E-state index is 0.0654. The lowest BCUT2D eigenvalue weighted by Crippen LogP contribution is -2.11. The van der Waals surface area contributed by atoms with Gasteiger partial charge in [-0.1, -0.05) is 54.9 Å². The Bertz CT molecular complexity index is 732. The first-order valence-electron chi connectivity index (χ1n) is 6.08. The van der Waals surface area contributed by atoms with Crippen LogP contribution in [-0.4, -0.2) is 0 Å². The van der Waals surface area contributed by atoms with Crippen molar-refractivity contribution in [2.75, 3.05) is 0 Å². The molecule has 0 N–H and O–H groups in total. The fourth-order valence-electron chi connectivity index (χ4n) is 2.35. The van der Waals surface area contributed by atoms with Gasteiger partial charge in [-0.3, -0.25) is 0 Å². The van der Waals surface area contributed by atoms with E-state index in [4.69, 9.17) is 4.42 Å². The first-order valence-corrected chi connectivity index (χ1v) is 6.87. The zero-order valence-electron chi connectivity index (χ0n) is 10.8. The van der Waals surface area contributed by atoms with Gasteiger partial charge in [0, 0.05) is 20.8 Å². The van der Waals surface area contributed by atoms with Crippen LogP contribution in [0.15, 0.2) is 45.3 Å². The standard InChI is InChI=1S/C16H15BrO/c1-16(2,3)13-9-10(17)8-12-11-6-4-5-7-14(11)18-15(12)13/h4-9H,1-3H3. The minimum atomic E-state index is 0.0654. The average molecular weight is 303 g/mol. The maximum atomic E-state index is 6.04. The van der Waals surface area contributed by atoms with Crippen molar-refractivity contribution in [2.24, 2.45) is 0 Å². The van der Waals surface area contributed by atoms with E-state index in [1.54, 1.807) is 0 Å². The SMILES string of the molecule is CC(C)(C)c1cc(Br)cc2c1oc1ccccc12. The quantitative estimate of drug-likeness (QED) is 0.523. The van der Waals surface area contributed by atoms with Crippen molar-refractivity contribution in [3.05, 3.63) is 46.4 Å². The lowest BCUT2D eigenvalue weighted by molar-refractivity contribution is 0.572. The number of para-hydroxylation sites is 1. The van der Waals surface area contributed by atoms with Crippen molar-refractivity contribution in [1.82, 2.24) is 0 Å². The number of rotatable bonds is 0. The summed E-state index contributed by atoms with van der Waals surface area (Å²) in [5, 5.41) is 2.37. The molecule has 1 aromatic heterocycles. The highest BCUT2D eigenvalue weighted by Crippen LogP contribution is 2.38. The molecule has 0 spiro atoms.